The van der Waals surface area contributed by atoms with Gasteiger partial charge in [0.05, 0.1) is 24.4 Å². The fourth-order valence-electron chi connectivity index (χ4n) is 4.36. The Morgan fingerprint density at radius 3 is 2.57 bits per heavy atom. The van der Waals surface area contributed by atoms with Gasteiger partial charge in [0, 0.05) is 25.8 Å². The summed E-state index contributed by atoms with van der Waals surface area (Å²) in [6, 6.07) is 16.5. The number of carbonyl (C=O) groups excluding carboxylic acids is 1. The Hall–Kier alpha value is -2.24. The molecule has 1 aromatic heterocycles. The lowest BCUT2D eigenvalue weighted by Gasteiger charge is -2.49. The quantitative estimate of drug-likeness (QED) is 0.801. The van der Waals surface area contributed by atoms with Crippen LogP contribution in [0.5, 0.6) is 0 Å². The third-order valence-corrected chi connectivity index (χ3v) is 5.97. The molecule has 1 aromatic carbocycles. The molecule has 2 saturated heterocycles. The summed E-state index contributed by atoms with van der Waals surface area (Å²) in [6.45, 7) is 6.23. The van der Waals surface area contributed by atoms with Crippen LogP contribution in [-0.4, -0.2) is 58.6 Å². The molecule has 2 fully saturated rings. The molecule has 0 aliphatic carbocycles. The third kappa shape index (κ3) is 4.42. The highest BCUT2D eigenvalue weighted by Crippen LogP contribution is 2.33. The van der Waals surface area contributed by atoms with Crippen molar-refractivity contribution in [3.8, 4) is 0 Å². The number of ether oxygens (including phenoxy) is 1. The number of benzene rings is 1. The van der Waals surface area contributed by atoms with Crippen LogP contribution >= 0.6 is 0 Å². The number of hydrogen-bond donors (Lipinski definition) is 0. The molecule has 1 amide bonds. The van der Waals surface area contributed by atoms with Crippen LogP contribution in [0.4, 0.5) is 0 Å². The molecule has 0 bridgehead atoms. The number of hydrogen-bond acceptors (Lipinski definition) is 4. The minimum Gasteiger partial charge on any atom is -0.360 e. The first-order valence-electron chi connectivity index (χ1n) is 10.3. The number of morpholine rings is 1. The van der Waals surface area contributed by atoms with E-state index in [1.165, 1.54) is 5.56 Å². The van der Waals surface area contributed by atoms with Gasteiger partial charge in [0.2, 0.25) is 0 Å². The third-order valence-electron chi connectivity index (χ3n) is 5.97. The molecular weight excluding hydrogens is 350 g/mol. The first-order chi connectivity index (χ1) is 13.6. The number of aromatic nitrogens is 1. The predicted molar refractivity (Wildman–Crippen MR) is 109 cm³/mol. The van der Waals surface area contributed by atoms with Crippen molar-refractivity contribution in [2.45, 2.75) is 44.4 Å². The van der Waals surface area contributed by atoms with Crippen molar-refractivity contribution in [2.75, 3.05) is 26.2 Å². The molecule has 0 saturated carbocycles. The van der Waals surface area contributed by atoms with Gasteiger partial charge in [-0.05, 0) is 43.9 Å². The number of amides is 1. The lowest BCUT2D eigenvalue weighted by atomic mass is 9.88. The molecular formula is C23H29N3O2. The van der Waals surface area contributed by atoms with Gasteiger partial charge in [-0.3, -0.25) is 9.78 Å². The van der Waals surface area contributed by atoms with Crippen LogP contribution in [0.1, 0.15) is 31.0 Å². The lowest BCUT2D eigenvalue weighted by Crippen LogP contribution is -2.61. The van der Waals surface area contributed by atoms with Gasteiger partial charge in [-0.25, -0.2) is 0 Å². The average Bonchev–Trinajstić information content (AvgIpc) is 2.73. The van der Waals surface area contributed by atoms with Crippen LogP contribution in [0.15, 0.2) is 54.7 Å². The zero-order chi connectivity index (χ0) is 19.4. The van der Waals surface area contributed by atoms with E-state index in [2.05, 4.69) is 40.2 Å². The summed E-state index contributed by atoms with van der Waals surface area (Å²) in [7, 11) is 0. The van der Waals surface area contributed by atoms with Gasteiger partial charge in [0.25, 0.3) is 5.91 Å². The molecule has 2 aliphatic heterocycles. The number of rotatable bonds is 5. The molecule has 1 spiro atoms. The second kappa shape index (κ2) is 8.41. The molecule has 3 heterocycles. The highest BCUT2D eigenvalue weighted by molar-refractivity contribution is 5.81. The maximum atomic E-state index is 12.6. The minimum atomic E-state index is -0.381. The van der Waals surface area contributed by atoms with Crippen molar-refractivity contribution in [3.05, 3.63) is 66.0 Å². The van der Waals surface area contributed by atoms with E-state index in [0.717, 1.165) is 44.6 Å². The maximum Gasteiger partial charge on any atom is 0.251 e. The lowest BCUT2D eigenvalue weighted by molar-refractivity contribution is -0.190. The monoisotopic (exact) mass is 379 g/mol. The molecule has 148 valence electrons. The Bertz CT molecular complexity index is 773. The largest absolute Gasteiger partial charge is 0.360 e. The van der Waals surface area contributed by atoms with Gasteiger partial charge < -0.3 is 14.5 Å². The van der Waals surface area contributed by atoms with E-state index < -0.39 is 0 Å². The highest BCUT2D eigenvalue weighted by atomic mass is 16.5. The second-order valence-electron chi connectivity index (χ2n) is 8.04. The first-order valence-corrected chi connectivity index (χ1v) is 10.3. The molecule has 2 aliphatic rings. The second-order valence-corrected chi connectivity index (χ2v) is 8.04. The van der Waals surface area contributed by atoms with Crippen molar-refractivity contribution in [2.24, 2.45) is 0 Å². The summed E-state index contributed by atoms with van der Waals surface area (Å²) < 4.78 is 6.27. The molecule has 2 aromatic rings. The Balaban J connectivity index is 1.35. The van der Waals surface area contributed by atoms with Crippen LogP contribution in [0.3, 0.4) is 0 Å². The van der Waals surface area contributed by atoms with E-state index in [0.29, 0.717) is 13.1 Å². The number of nitrogens with zero attached hydrogens (tertiary/aromatic N) is 3. The molecule has 1 unspecified atom stereocenters. The van der Waals surface area contributed by atoms with E-state index in [1.54, 1.807) is 6.20 Å². The van der Waals surface area contributed by atoms with Crippen LogP contribution in [0.25, 0.3) is 0 Å². The normalized spacial score (nSPS) is 22.5. The summed E-state index contributed by atoms with van der Waals surface area (Å²) in [6.07, 6.45) is 4.42. The van der Waals surface area contributed by atoms with Crippen LogP contribution in [0.2, 0.25) is 0 Å². The van der Waals surface area contributed by atoms with Crippen molar-refractivity contribution in [1.29, 1.82) is 0 Å². The van der Waals surface area contributed by atoms with Gasteiger partial charge in [0.1, 0.15) is 6.10 Å². The zero-order valence-corrected chi connectivity index (χ0v) is 16.6. The Labute approximate surface area is 167 Å². The van der Waals surface area contributed by atoms with Gasteiger partial charge in [0.15, 0.2) is 0 Å². The molecule has 5 heteroatoms. The van der Waals surface area contributed by atoms with Crippen molar-refractivity contribution >= 4 is 5.91 Å². The summed E-state index contributed by atoms with van der Waals surface area (Å²) in [5.41, 5.74) is 2.10. The van der Waals surface area contributed by atoms with Crippen molar-refractivity contribution in [1.82, 2.24) is 14.8 Å². The topological polar surface area (TPSA) is 45.7 Å². The Kier molecular flexibility index (Phi) is 5.74. The number of pyridine rings is 1. The average molecular weight is 380 g/mol. The fraction of sp³-hybridized carbons (Fsp3) is 0.478. The van der Waals surface area contributed by atoms with Crippen LogP contribution < -0.4 is 0 Å². The number of likely N-dealkylation sites (tertiary alicyclic amines) is 1. The first kappa shape index (κ1) is 19.1. The number of piperidine rings is 1. The zero-order valence-electron chi connectivity index (χ0n) is 16.6. The highest BCUT2D eigenvalue weighted by Gasteiger charge is 2.45. The van der Waals surface area contributed by atoms with Crippen molar-refractivity contribution < 1.29 is 9.53 Å². The smallest absolute Gasteiger partial charge is 0.251 e. The molecule has 0 N–H and O–H groups in total. The summed E-state index contributed by atoms with van der Waals surface area (Å²) in [5.74, 6) is 0.0720. The molecule has 1 atom stereocenters. The van der Waals surface area contributed by atoms with Gasteiger partial charge in [-0.1, -0.05) is 36.4 Å². The Morgan fingerprint density at radius 2 is 1.86 bits per heavy atom. The minimum absolute atomic E-state index is 0.0720. The molecule has 4 rings (SSSR count). The van der Waals surface area contributed by atoms with E-state index in [-0.39, 0.29) is 17.6 Å². The Morgan fingerprint density at radius 1 is 1.11 bits per heavy atom. The number of carbonyl (C=O) groups is 1. The SMILES string of the molecule is CC1OC2(CCN(CCc3ccccc3)CC2)CN(Cc2ccccn2)C1=O. The summed E-state index contributed by atoms with van der Waals surface area (Å²) >= 11 is 0. The van der Waals surface area contributed by atoms with Gasteiger partial charge >= 0.3 is 0 Å². The van der Waals surface area contributed by atoms with Crippen LogP contribution in [-0.2, 0) is 22.5 Å². The van der Waals surface area contributed by atoms with Gasteiger partial charge in [-0.15, -0.1) is 0 Å². The van der Waals surface area contributed by atoms with E-state index in [1.807, 2.05) is 30.0 Å². The molecule has 28 heavy (non-hydrogen) atoms. The van der Waals surface area contributed by atoms with E-state index >= 15 is 0 Å². The molecule has 0 radical (unpaired) electrons. The summed E-state index contributed by atoms with van der Waals surface area (Å²) in [4.78, 5) is 21.5. The van der Waals surface area contributed by atoms with Crippen molar-refractivity contribution in [3.63, 3.8) is 0 Å². The summed E-state index contributed by atoms with van der Waals surface area (Å²) in [5, 5.41) is 0. The standard InChI is InChI=1S/C23H29N3O2/c1-19-22(27)26(17-21-9-5-6-13-24-21)18-23(28-19)11-15-25(16-12-23)14-10-20-7-3-2-4-8-20/h2-9,13,19H,10-12,14-18H2,1H3. The maximum absolute atomic E-state index is 12.6. The van der Waals surface area contributed by atoms with Crippen LogP contribution in [0, 0.1) is 0 Å². The molecule has 5 nitrogen and oxygen atoms in total. The van der Waals surface area contributed by atoms with E-state index in [4.69, 9.17) is 4.74 Å². The van der Waals surface area contributed by atoms with E-state index in [9.17, 15) is 4.79 Å². The predicted octanol–water partition coefficient (Wildman–Crippen LogP) is 2.91. The van der Waals surface area contributed by atoms with Gasteiger partial charge in [-0.2, -0.15) is 0 Å². The fourth-order valence-corrected chi connectivity index (χ4v) is 4.36.